The number of rotatable bonds is 3. The zero-order valence-electron chi connectivity index (χ0n) is 17.1. The smallest absolute Gasteiger partial charge is 0.254 e. The van der Waals surface area contributed by atoms with Crippen molar-refractivity contribution < 1.29 is 9.53 Å². The SMILES string of the molecule is O=C(c1ccc2c(c1)N(c1ncc(-c3cncnc3)cn1)CC21CC1)N1CCOCC1. The quantitative estimate of drug-likeness (QED) is 0.651. The number of carbonyl (C=O) groups excluding carboxylic acids is 1. The Balaban J connectivity index is 1.33. The topological polar surface area (TPSA) is 84.3 Å². The van der Waals surface area contributed by atoms with Crippen molar-refractivity contribution in [3.63, 3.8) is 0 Å². The van der Waals surface area contributed by atoms with Crippen molar-refractivity contribution in [2.24, 2.45) is 0 Å². The molecule has 8 heteroatoms. The van der Waals surface area contributed by atoms with Gasteiger partial charge in [0.05, 0.1) is 13.2 Å². The molecule has 1 aromatic carbocycles. The van der Waals surface area contributed by atoms with E-state index in [1.807, 2.05) is 17.0 Å². The molecule has 1 saturated heterocycles. The molecule has 0 unspecified atom stereocenters. The summed E-state index contributed by atoms with van der Waals surface area (Å²) in [6, 6.07) is 6.12. The van der Waals surface area contributed by atoms with Gasteiger partial charge in [-0.3, -0.25) is 4.79 Å². The fourth-order valence-electron chi connectivity index (χ4n) is 4.57. The lowest BCUT2D eigenvalue weighted by Gasteiger charge is -2.27. The molecule has 1 saturated carbocycles. The molecule has 1 aliphatic carbocycles. The number of anilines is 2. The molecule has 2 aromatic heterocycles. The van der Waals surface area contributed by atoms with Crippen LogP contribution in [0.5, 0.6) is 0 Å². The first kappa shape index (κ1) is 18.4. The highest BCUT2D eigenvalue weighted by Gasteiger charge is 2.52. The molecular formula is C23H22N6O2. The van der Waals surface area contributed by atoms with E-state index in [1.54, 1.807) is 24.8 Å². The van der Waals surface area contributed by atoms with E-state index in [9.17, 15) is 4.79 Å². The second-order valence-electron chi connectivity index (χ2n) is 8.40. The Bertz CT molecular complexity index is 1120. The first-order valence-corrected chi connectivity index (χ1v) is 10.6. The highest BCUT2D eigenvalue weighted by atomic mass is 16.5. The van der Waals surface area contributed by atoms with Gasteiger partial charge in [-0.25, -0.2) is 19.9 Å². The summed E-state index contributed by atoms with van der Waals surface area (Å²) in [4.78, 5) is 34.5. The van der Waals surface area contributed by atoms with Crippen molar-refractivity contribution >= 4 is 17.5 Å². The fraction of sp³-hybridized carbons (Fsp3) is 0.348. The maximum atomic E-state index is 13.0. The number of hydrogen-bond acceptors (Lipinski definition) is 7. The van der Waals surface area contributed by atoms with Crippen LogP contribution in [0.2, 0.25) is 0 Å². The van der Waals surface area contributed by atoms with Gasteiger partial charge in [-0.2, -0.15) is 0 Å². The number of nitrogens with zero attached hydrogens (tertiary/aromatic N) is 6. The second kappa shape index (κ2) is 7.09. The zero-order chi connectivity index (χ0) is 20.8. The Morgan fingerprint density at radius 1 is 0.968 bits per heavy atom. The van der Waals surface area contributed by atoms with Crippen molar-refractivity contribution in [3.8, 4) is 11.1 Å². The van der Waals surface area contributed by atoms with Gasteiger partial charge >= 0.3 is 0 Å². The van der Waals surface area contributed by atoms with Crippen molar-refractivity contribution in [1.82, 2.24) is 24.8 Å². The van der Waals surface area contributed by atoms with Crippen LogP contribution in [-0.4, -0.2) is 63.6 Å². The summed E-state index contributed by atoms with van der Waals surface area (Å²) in [7, 11) is 0. The number of carbonyl (C=O) groups is 1. The normalized spacial score (nSPS) is 18.8. The standard InChI is InChI=1S/C23H22N6O2/c30-21(28-5-7-31-8-6-28)16-1-2-19-20(9-16)29(14-23(19)3-4-23)22-26-12-18(13-27-22)17-10-24-15-25-11-17/h1-2,9-13,15H,3-8,14H2. The van der Waals surface area contributed by atoms with Crippen LogP contribution in [-0.2, 0) is 10.2 Å². The van der Waals surface area contributed by atoms with Crippen molar-refractivity contribution in [3.05, 3.63) is 60.4 Å². The van der Waals surface area contributed by atoms with Crippen LogP contribution in [0.1, 0.15) is 28.8 Å². The third-order valence-corrected chi connectivity index (χ3v) is 6.49. The number of fused-ring (bicyclic) bond motifs is 2. The minimum Gasteiger partial charge on any atom is -0.378 e. The van der Waals surface area contributed by atoms with Crippen LogP contribution in [0.4, 0.5) is 11.6 Å². The van der Waals surface area contributed by atoms with Crippen molar-refractivity contribution in [2.45, 2.75) is 18.3 Å². The Hall–Kier alpha value is -3.39. The van der Waals surface area contributed by atoms with Crippen molar-refractivity contribution in [2.75, 3.05) is 37.7 Å². The molecule has 0 N–H and O–H groups in total. The third-order valence-electron chi connectivity index (χ3n) is 6.49. The summed E-state index contributed by atoms with van der Waals surface area (Å²) in [5.41, 5.74) is 4.99. The van der Waals surface area contributed by atoms with Crippen LogP contribution in [0.15, 0.2) is 49.3 Å². The molecule has 2 aliphatic heterocycles. The summed E-state index contributed by atoms with van der Waals surface area (Å²) < 4.78 is 5.39. The highest BCUT2D eigenvalue weighted by Crippen LogP contribution is 2.57. The lowest BCUT2D eigenvalue weighted by molar-refractivity contribution is 0.0303. The van der Waals surface area contributed by atoms with Gasteiger partial charge in [-0.15, -0.1) is 0 Å². The molecule has 0 radical (unpaired) electrons. The van der Waals surface area contributed by atoms with E-state index < -0.39 is 0 Å². The molecule has 0 atom stereocenters. The summed E-state index contributed by atoms with van der Waals surface area (Å²) in [6.45, 7) is 3.32. The molecule has 156 valence electrons. The lowest BCUT2D eigenvalue weighted by atomic mass is 9.97. The van der Waals surface area contributed by atoms with Crippen molar-refractivity contribution in [1.29, 1.82) is 0 Å². The first-order chi connectivity index (χ1) is 15.2. The summed E-state index contributed by atoms with van der Waals surface area (Å²) in [6.07, 6.45) is 10.9. The maximum Gasteiger partial charge on any atom is 0.254 e. The Labute approximate surface area is 179 Å². The molecule has 8 nitrogen and oxygen atoms in total. The van der Waals surface area contributed by atoms with Crippen LogP contribution >= 0.6 is 0 Å². The Morgan fingerprint density at radius 2 is 1.68 bits per heavy atom. The van der Waals surface area contributed by atoms with E-state index in [1.165, 1.54) is 11.9 Å². The Morgan fingerprint density at radius 3 is 2.39 bits per heavy atom. The van der Waals surface area contributed by atoms with E-state index >= 15 is 0 Å². The molecular weight excluding hydrogens is 392 g/mol. The minimum atomic E-state index is 0.0585. The first-order valence-electron chi connectivity index (χ1n) is 10.6. The zero-order valence-corrected chi connectivity index (χ0v) is 17.1. The van der Waals surface area contributed by atoms with Gasteiger partial charge in [0.2, 0.25) is 5.95 Å². The molecule has 6 rings (SSSR count). The minimum absolute atomic E-state index is 0.0585. The van der Waals surface area contributed by atoms with Gasteiger partial charge in [-0.1, -0.05) is 6.07 Å². The molecule has 3 aliphatic rings. The molecule has 0 bridgehead atoms. The average molecular weight is 414 g/mol. The lowest BCUT2D eigenvalue weighted by Crippen LogP contribution is -2.40. The monoisotopic (exact) mass is 414 g/mol. The second-order valence-corrected chi connectivity index (χ2v) is 8.40. The van der Waals surface area contributed by atoms with Crippen LogP contribution < -0.4 is 4.90 Å². The number of amides is 1. The van der Waals surface area contributed by atoms with Crippen LogP contribution in [0, 0.1) is 0 Å². The molecule has 31 heavy (non-hydrogen) atoms. The van der Waals surface area contributed by atoms with E-state index in [0.29, 0.717) is 37.8 Å². The molecule has 1 spiro atoms. The maximum absolute atomic E-state index is 13.0. The largest absolute Gasteiger partial charge is 0.378 e. The number of hydrogen-bond donors (Lipinski definition) is 0. The number of aromatic nitrogens is 4. The fourth-order valence-corrected chi connectivity index (χ4v) is 4.57. The molecule has 2 fully saturated rings. The molecule has 1 amide bonds. The highest BCUT2D eigenvalue weighted by molar-refractivity contribution is 5.96. The third kappa shape index (κ3) is 3.14. The summed E-state index contributed by atoms with van der Waals surface area (Å²) in [5, 5.41) is 0. The predicted molar refractivity (Wildman–Crippen MR) is 114 cm³/mol. The Kier molecular flexibility index (Phi) is 4.21. The van der Waals surface area contributed by atoms with E-state index in [2.05, 4.69) is 30.9 Å². The predicted octanol–water partition coefficient (Wildman–Crippen LogP) is 2.59. The van der Waals surface area contributed by atoms with Gasteiger partial charge in [0.1, 0.15) is 6.33 Å². The average Bonchev–Trinajstić information content (AvgIpc) is 3.56. The van der Waals surface area contributed by atoms with Gasteiger partial charge < -0.3 is 14.5 Å². The number of morpholine rings is 1. The number of ether oxygens (including phenoxy) is 1. The van der Waals surface area contributed by atoms with E-state index in [-0.39, 0.29) is 11.3 Å². The van der Waals surface area contributed by atoms with Crippen LogP contribution in [0.25, 0.3) is 11.1 Å². The molecule has 4 heterocycles. The van der Waals surface area contributed by atoms with Gasteiger partial charge in [0.25, 0.3) is 5.91 Å². The van der Waals surface area contributed by atoms with E-state index in [0.717, 1.165) is 36.2 Å². The summed E-state index contributed by atoms with van der Waals surface area (Å²) in [5.74, 6) is 0.713. The summed E-state index contributed by atoms with van der Waals surface area (Å²) >= 11 is 0. The van der Waals surface area contributed by atoms with Gasteiger partial charge in [-0.05, 0) is 30.5 Å². The van der Waals surface area contributed by atoms with Crippen LogP contribution in [0.3, 0.4) is 0 Å². The molecule has 3 aromatic rings. The number of benzene rings is 1. The van der Waals surface area contributed by atoms with E-state index in [4.69, 9.17) is 4.74 Å². The van der Waals surface area contributed by atoms with Gasteiger partial charge in [0.15, 0.2) is 0 Å². The van der Waals surface area contributed by atoms with Gasteiger partial charge in [0, 0.05) is 72.2 Å².